The van der Waals surface area contributed by atoms with E-state index >= 15 is 0 Å². The first-order chi connectivity index (χ1) is 14.4. The van der Waals surface area contributed by atoms with Gasteiger partial charge >= 0.3 is 0 Å². The van der Waals surface area contributed by atoms with Crippen LogP contribution < -0.4 is 16.0 Å². The van der Waals surface area contributed by atoms with Gasteiger partial charge in [-0.15, -0.1) is 0 Å². The maximum atomic E-state index is 13.3. The molecule has 2 aliphatic carbocycles. The van der Waals surface area contributed by atoms with E-state index in [1.54, 1.807) is 0 Å². The second-order valence-corrected chi connectivity index (χ2v) is 9.01. The molecule has 3 fully saturated rings. The molecule has 0 spiro atoms. The minimum atomic E-state index is -0.695. The summed E-state index contributed by atoms with van der Waals surface area (Å²) >= 11 is 0. The van der Waals surface area contributed by atoms with Crippen LogP contribution in [-0.2, 0) is 24.0 Å². The van der Waals surface area contributed by atoms with Gasteiger partial charge in [0.05, 0.1) is 6.54 Å². The summed E-state index contributed by atoms with van der Waals surface area (Å²) in [5.41, 5.74) is -0.337. The number of amides is 4. The molecule has 166 valence electrons. The van der Waals surface area contributed by atoms with E-state index in [0.29, 0.717) is 25.8 Å². The predicted molar refractivity (Wildman–Crippen MR) is 108 cm³/mol. The molecule has 2 atom stereocenters. The van der Waals surface area contributed by atoms with Crippen molar-refractivity contribution in [2.75, 3.05) is 13.1 Å². The molecule has 2 saturated carbocycles. The summed E-state index contributed by atoms with van der Waals surface area (Å²) in [5, 5.41) is 7.82. The first kappa shape index (κ1) is 22.2. The lowest BCUT2D eigenvalue weighted by atomic mass is 9.70. The minimum absolute atomic E-state index is 0.0727. The summed E-state index contributed by atoms with van der Waals surface area (Å²) < 4.78 is 0. The van der Waals surface area contributed by atoms with Gasteiger partial charge in [-0.3, -0.25) is 24.0 Å². The molecule has 0 unspecified atom stereocenters. The Morgan fingerprint density at radius 3 is 2.40 bits per heavy atom. The van der Waals surface area contributed by atoms with Gasteiger partial charge < -0.3 is 20.9 Å². The molecule has 1 heterocycles. The Morgan fingerprint density at radius 2 is 1.77 bits per heavy atom. The highest BCUT2D eigenvalue weighted by molar-refractivity contribution is 6.37. The van der Waals surface area contributed by atoms with Crippen LogP contribution in [0.4, 0.5) is 0 Å². The van der Waals surface area contributed by atoms with Crippen molar-refractivity contribution in [2.45, 2.75) is 82.8 Å². The lowest BCUT2D eigenvalue weighted by molar-refractivity contribution is -0.144. The van der Waals surface area contributed by atoms with Crippen LogP contribution >= 0.6 is 0 Å². The lowest BCUT2D eigenvalue weighted by Crippen LogP contribution is -2.58. The molecule has 1 aliphatic heterocycles. The second kappa shape index (κ2) is 9.57. The van der Waals surface area contributed by atoms with Crippen LogP contribution in [0.5, 0.6) is 0 Å². The van der Waals surface area contributed by atoms with E-state index in [0.717, 1.165) is 44.9 Å². The average Bonchev–Trinajstić information content (AvgIpc) is 3.41. The molecular weight excluding hydrogens is 388 g/mol. The van der Waals surface area contributed by atoms with Crippen molar-refractivity contribution in [3.8, 4) is 0 Å². The highest BCUT2D eigenvalue weighted by Crippen LogP contribution is 2.40. The molecule has 0 radical (unpaired) electrons. The molecule has 0 aromatic rings. The standard InChI is InChI=1S/C21H32N4O5/c1-21(9-3-2-4-10-21)17(23-13-26)20(30)25-11-5-6-15(25)18(28)22-12-16(27)19(29)24-14-7-8-14/h13-15,17H,2-12H2,1H3,(H,22,28)(H,23,26)(H,24,29)/t15-,17+/m0/s1. The third kappa shape index (κ3) is 5.17. The van der Waals surface area contributed by atoms with Crippen molar-refractivity contribution in [1.82, 2.24) is 20.9 Å². The molecule has 3 aliphatic rings. The Kier molecular flexibility index (Phi) is 7.10. The van der Waals surface area contributed by atoms with Crippen molar-refractivity contribution in [3.63, 3.8) is 0 Å². The fraction of sp³-hybridized carbons (Fsp3) is 0.762. The number of carbonyl (C=O) groups excluding carboxylic acids is 5. The van der Waals surface area contributed by atoms with Crippen LogP contribution in [0, 0.1) is 5.41 Å². The smallest absolute Gasteiger partial charge is 0.289 e. The van der Waals surface area contributed by atoms with E-state index < -0.39 is 29.7 Å². The molecule has 0 aromatic heterocycles. The van der Waals surface area contributed by atoms with Gasteiger partial charge in [0, 0.05) is 12.6 Å². The van der Waals surface area contributed by atoms with E-state index in [-0.39, 0.29) is 23.9 Å². The van der Waals surface area contributed by atoms with Crippen molar-refractivity contribution >= 4 is 29.9 Å². The molecule has 1 saturated heterocycles. The van der Waals surface area contributed by atoms with Crippen LogP contribution in [0.25, 0.3) is 0 Å². The Balaban J connectivity index is 1.60. The Bertz CT molecular complexity index is 700. The molecule has 30 heavy (non-hydrogen) atoms. The third-order valence-electron chi connectivity index (χ3n) is 6.60. The Morgan fingerprint density at radius 1 is 1.07 bits per heavy atom. The number of hydrogen-bond acceptors (Lipinski definition) is 5. The summed E-state index contributed by atoms with van der Waals surface area (Å²) in [4.78, 5) is 62.4. The van der Waals surface area contributed by atoms with Crippen molar-refractivity contribution < 1.29 is 24.0 Å². The van der Waals surface area contributed by atoms with E-state index in [4.69, 9.17) is 0 Å². The molecule has 3 N–H and O–H groups in total. The van der Waals surface area contributed by atoms with Crippen molar-refractivity contribution in [1.29, 1.82) is 0 Å². The third-order valence-corrected chi connectivity index (χ3v) is 6.60. The fourth-order valence-corrected chi connectivity index (χ4v) is 4.61. The van der Waals surface area contributed by atoms with Gasteiger partial charge in [0.15, 0.2) is 0 Å². The summed E-state index contributed by atoms with van der Waals surface area (Å²) in [6, 6.07) is -1.29. The maximum absolute atomic E-state index is 13.3. The second-order valence-electron chi connectivity index (χ2n) is 9.01. The number of Topliss-reactive ketones (excluding diaryl/α,β-unsaturated/α-hetero) is 1. The minimum Gasteiger partial charge on any atom is -0.347 e. The monoisotopic (exact) mass is 420 g/mol. The zero-order chi connectivity index (χ0) is 21.7. The number of hydrogen-bond donors (Lipinski definition) is 3. The summed E-state index contributed by atoms with van der Waals surface area (Å²) in [7, 11) is 0. The summed E-state index contributed by atoms with van der Waals surface area (Å²) in [6.07, 6.45) is 8.30. The number of ketones is 1. The predicted octanol–water partition coefficient (Wildman–Crippen LogP) is 0.0263. The van der Waals surface area contributed by atoms with Crippen LogP contribution in [0.2, 0.25) is 0 Å². The van der Waals surface area contributed by atoms with Gasteiger partial charge in [-0.05, 0) is 43.9 Å². The Labute approximate surface area is 176 Å². The molecular formula is C21H32N4O5. The number of likely N-dealkylation sites (tertiary alicyclic amines) is 1. The van der Waals surface area contributed by atoms with Crippen LogP contribution in [0.1, 0.15) is 64.7 Å². The largest absolute Gasteiger partial charge is 0.347 e. The first-order valence-electron chi connectivity index (χ1n) is 11.0. The first-order valence-corrected chi connectivity index (χ1v) is 11.0. The number of rotatable bonds is 9. The van der Waals surface area contributed by atoms with Gasteiger partial charge in [0.2, 0.25) is 24.0 Å². The highest BCUT2D eigenvalue weighted by atomic mass is 16.2. The van der Waals surface area contributed by atoms with Crippen molar-refractivity contribution in [2.24, 2.45) is 5.41 Å². The van der Waals surface area contributed by atoms with Gasteiger partial charge in [-0.2, -0.15) is 0 Å². The lowest BCUT2D eigenvalue weighted by Gasteiger charge is -2.41. The van der Waals surface area contributed by atoms with Crippen molar-refractivity contribution in [3.05, 3.63) is 0 Å². The normalized spacial score (nSPS) is 23.9. The van der Waals surface area contributed by atoms with E-state index in [1.807, 2.05) is 6.92 Å². The number of carbonyl (C=O) groups is 5. The molecule has 9 heteroatoms. The number of nitrogens with one attached hydrogen (secondary N) is 3. The summed E-state index contributed by atoms with van der Waals surface area (Å²) in [5.74, 6) is -2.06. The Hall–Kier alpha value is -2.45. The van der Waals surface area contributed by atoms with E-state index in [2.05, 4.69) is 16.0 Å². The summed E-state index contributed by atoms with van der Waals surface area (Å²) in [6.45, 7) is 2.07. The molecule has 0 aromatic carbocycles. The van der Waals surface area contributed by atoms with E-state index in [1.165, 1.54) is 4.90 Å². The van der Waals surface area contributed by atoms with Gasteiger partial charge in [0.25, 0.3) is 5.91 Å². The molecule has 4 amide bonds. The van der Waals surface area contributed by atoms with Gasteiger partial charge in [0.1, 0.15) is 12.1 Å². The molecule has 3 rings (SSSR count). The van der Waals surface area contributed by atoms with E-state index in [9.17, 15) is 24.0 Å². The molecule has 9 nitrogen and oxygen atoms in total. The molecule has 0 bridgehead atoms. The van der Waals surface area contributed by atoms with Gasteiger partial charge in [-0.25, -0.2) is 0 Å². The van der Waals surface area contributed by atoms with Crippen LogP contribution in [-0.4, -0.2) is 66.0 Å². The maximum Gasteiger partial charge on any atom is 0.289 e. The highest BCUT2D eigenvalue weighted by Gasteiger charge is 2.45. The quantitative estimate of drug-likeness (QED) is 0.358. The zero-order valence-electron chi connectivity index (χ0n) is 17.6. The fourth-order valence-electron chi connectivity index (χ4n) is 4.61. The van der Waals surface area contributed by atoms with Crippen LogP contribution in [0.3, 0.4) is 0 Å². The SMILES string of the molecule is CC1([C@H](NC=O)C(=O)N2CCC[C@H]2C(=O)NCC(=O)C(=O)NC2CC2)CCCCC1. The van der Waals surface area contributed by atoms with Crippen LogP contribution in [0.15, 0.2) is 0 Å². The zero-order valence-corrected chi connectivity index (χ0v) is 17.6. The average molecular weight is 421 g/mol. The van der Waals surface area contributed by atoms with Gasteiger partial charge in [-0.1, -0.05) is 26.2 Å². The topological polar surface area (TPSA) is 125 Å². The number of nitrogens with zero attached hydrogens (tertiary/aromatic N) is 1.